The predicted octanol–water partition coefficient (Wildman–Crippen LogP) is 3.20. The van der Waals surface area contributed by atoms with Gasteiger partial charge in [-0.3, -0.25) is 9.59 Å². The van der Waals surface area contributed by atoms with Crippen LogP contribution < -0.4 is 14.8 Å². The molecule has 2 N–H and O–H groups in total. The number of hydrogen-bond donors (Lipinski definition) is 2. The zero-order valence-electron chi connectivity index (χ0n) is 19.4. The van der Waals surface area contributed by atoms with Crippen molar-refractivity contribution in [2.24, 2.45) is 0 Å². The molecular formula is C23H30ClN3O5S. The van der Waals surface area contributed by atoms with Crippen molar-refractivity contribution in [3.63, 3.8) is 0 Å². The highest BCUT2D eigenvalue weighted by Crippen LogP contribution is 2.26. The number of hydrogen-bond acceptors (Lipinski definition) is 5. The molecule has 0 heterocycles. The number of carbonyl (C=O) groups excluding carboxylic acids is 2. The van der Waals surface area contributed by atoms with E-state index in [1.54, 1.807) is 31.2 Å². The van der Waals surface area contributed by atoms with Crippen LogP contribution in [0.1, 0.15) is 43.6 Å². The van der Waals surface area contributed by atoms with Crippen LogP contribution in [0.2, 0.25) is 5.02 Å². The molecule has 180 valence electrons. The topological polar surface area (TPSA) is 105 Å². The fraction of sp³-hybridized carbons (Fsp3) is 0.391. The number of sulfonamides is 1. The Labute approximate surface area is 200 Å². The zero-order valence-corrected chi connectivity index (χ0v) is 21.0. The lowest BCUT2D eigenvalue weighted by molar-refractivity contribution is -0.123. The number of benzene rings is 2. The van der Waals surface area contributed by atoms with Gasteiger partial charge in [0.25, 0.3) is 5.91 Å². The monoisotopic (exact) mass is 495 g/mol. The molecule has 0 saturated heterocycles. The summed E-state index contributed by atoms with van der Waals surface area (Å²) in [6, 6.07) is 10.9. The summed E-state index contributed by atoms with van der Waals surface area (Å²) in [5.41, 5.74) is 0.417. The molecule has 0 aliphatic carbocycles. The molecule has 0 spiro atoms. The lowest BCUT2D eigenvalue weighted by Gasteiger charge is -2.25. The van der Waals surface area contributed by atoms with Gasteiger partial charge in [-0.25, -0.2) is 13.1 Å². The quantitative estimate of drug-likeness (QED) is 0.555. The summed E-state index contributed by atoms with van der Waals surface area (Å²) in [6.45, 7) is 7.46. The second-order valence-corrected chi connectivity index (χ2v) is 10.6. The van der Waals surface area contributed by atoms with E-state index in [0.29, 0.717) is 5.02 Å². The van der Waals surface area contributed by atoms with Crippen molar-refractivity contribution in [3.05, 3.63) is 58.6 Å². The molecule has 0 atom stereocenters. The van der Waals surface area contributed by atoms with Gasteiger partial charge in [0.15, 0.2) is 0 Å². The van der Waals surface area contributed by atoms with E-state index in [4.69, 9.17) is 16.3 Å². The van der Waals surface area contributed by atoms with Gasteiger partial charge in [0.1, 0.15) is 10.6 Å². The Hall–Kier alpha value is -2.62. The number of methoxy groups -OCH3 is 1. The van der Waals surface area contributed by atoms with Crippen LogP contribution in [-0.4, -0.2) is 50.9 Å². The Kier molecular flexibility index (Phi) is 8.88. The second kappa shape index (κ2) is 11.0. The highest BCUT2D eigenvalue weighted by molar-refractivity contribution is 7.89. The van der Waals surface area contributed by atoms with Gasteiger partial charge in [-0.1, -0.05) is 23.7 Å². The maximum atomic E-state index is 13.0. The van der Waals surface area contributed by atoms with Gasteiger partial charge in [-0.05, 0) is 63.6 Å². The first-order chi connectivity index (χ1) is 15.4. The third-order valence-corrected chi connectivity index (χ3v) is 6.27. The molecule has 0 saturated carbocycles. The first-order valence-electron chi connectivity index (χ1n) is 10.4. The van der Waals surface area contributed by atoms with Gasteiger partial charge < -0.3 is 15.0 Å². The van der Waals surface area contributed by atoms with E-state index in [1.165, 1.54) is 30.2 Å². The van der Waals surface area contributed by atoms with E-state index >= 15 is 0 Å². The third kappa shape index (κ3) is 7.73. The standard InChI is InChI=1S/C23H30ClN3O5S/c1-6-27(15-21(28)26-23(2,3)4)22(29)17-9-12-19(32-5)20(13-17)33(30,31)25-14-16-7-10-18(24)11-8-16/h7-13,25H,6,14-15H2,1-5H3,(H,26,28). The lowest BCUT2D eigenvalue weighted by atomic mass is 10.1. The molecule has 0 fully saturated rings. The summed E-state index contributed by atoms with van der Waals surface area (Å²) < 4.78 is 33.7. The zero-order chi connectivity index (χ0) is 24.8. The van der Waals surface area contributed by atoms with E-state index in [9.17, 15) is 18.0 Å². The number of nitrogens with zero attached hydrogens (tertiary/aromatic N) is 1. The summed E-state index contributed by atoms with van der Waals surface area (Å²) in [6.07, 6.45) is 0. The number of likely N-dealkylation sites (N-methyl/N-ethyl adjacent to an activating group) is 1. The average molecular weight is 496 g/mol. The summed E-state index contributed by atoms with van der Waals surface area (Å²) in [4.78, 5) is 26.5. The molecule has 0 aliphatic rings. The smallest absolute Gasteiger partial charge is 0.254 e. The van der Waals surface area contributed by atoms with Crippen molar-refractivity contribution in [2.75, 3.05) is 20.2 Å². The lowest BCUT2D eigenvalue weighted by Crippen LogP contribution is -2.47. The van der Waals surface area contributed by atoms with Crippen LogP contribution in [0.25, 0.3) is 0 Å². The largest absolute Gasteiger partial charge is 0.495 e. The van der Waals surface area contributed by atoms with Crippen LogP contribution in [0.15, 0.2) is 47.4 Å². The molecule has 0 aromatic heterocycles. The van der Waals surface area contributed by atoms with E-state index in [0.717, 1.165) is 5.56 Å². The number of amides is 2. The molecule has 8 nitrogen and oxygen atoms in total. The third-order valence-electron chi connectivity index (χ3n) is 4.60. The summed E-state index contributed by atoms with van der Waals surface area (Å²) in [5, 5.41) is 3.36. The van der Waals surface area contributed by atoms with E-state index in [2.05, 4.69) is 10.0 Å². The Morgan fingerprint density at radius 3 is 2.27 bits per heavy atom. The highest BCUT2D eigenvalue weighted by Gasteiger charge is 2.25. The molecule has 0 bridgehead atoms. The maximum Gasteiger partial charge on any atom is 0.254 e. The molecule has 0 radical (unpaired) electrons. The van der Waals surface area contributed by atoms with Crippen LogP contribution in [0.5, 0.6) is 5.75 Å². The van der Waals surface area contributed by atoms with Crippen molar-refractivity contribution in [1.29, 1.82) is 0 Å². The van der Waals surface area contributed by atoms with Gasteiger partial charge in [0.05, 0.1) is 13.7 Å². The molecule has 2 aromatic carbocycles. The number of halogens is 1. The van der Waals surface area contributed by atoms with Crippen LogP contribution in [0, 0.1) is 0 Å². The van der Waals surface area contributed by atoms with Gasteiger partial charge in [-0.15, -0.1) is 0 Å². The molecule has 2 aromatic rings. The molecule has 2 rings (SSSR count). The number of rotatable bonds is 9. The summed E-state index contributed by atoms with van der Waals surface area (Å²) >= 11 is 5.87. The summed E-state index contributed by atoms with van der Waals surface area (Å²) in [7, 11) is -2.65. The number of nitrogens with one attached hydrogen (secondary N) is 2. The molecule has 0 unspecified atom stereocenters. The Bertz CT molecular complexity index is 1100. The minimum absolute atomic E-state index is 0.0366. The van der Waals surface area contributed by atoms with Gasteiger partial charge in [0, 0.05) is 29.2 Å². The Balaban J connectivity index is 2.26. The second-order valence-electron chi connectivity index (χ2n) is 8.43. The van der Waals surface area contributed by atoms with Crippen LogP contribution in [0.3, 0.4) is 0 Å². The highest BCUT2D eigenvalue weighted by atomic mass is 35.5. The molecule has 33 heavy (non-hydrogen) atoms. The molecule has 10 heteroatoms. The van der Waals surface area contributed by atoms with Crippen LogP contribution in [0.4, 0.5) is 0 Å². The first kappa shape index (κ1) is 26.6. The van der Waals surface area contributed by atoms with Crippen molar-refractivity contribution < 1.29 is 22.7 Å². The van der Waals surface area contributed by atoms with Crippen molar-refractivity contribution in [2.45, 2.75) is 44.7 Å². The van der Waals surface area contributed by atoms with Crippen molar-refractivity contribution in [3.8, 4) is 5.75 Å². The number of carbonyl (C=O) groups is 2. The maximum absolute atomic E-state index is 13.0. The predicted molar refractivity (Wildman–Crippen MR) is 128 cm³/mol. The van der Waals surface area contributed by atoms with E-state index in [1.807, 2.05) is 20.8 Å². The Morgan fingerprint density at radius 2 is 1.73 bits per heavy atom. The van der Waals surface area contributed by atoms with E-state index < -0.39 is 21.5 Å². The molecular weight excluding hydrogens is 466 g/mol. The number of ether oxygens (including phenoxy) is 1. The Morgan fingerprint density at radius 1 is 1.09 bits per heavy atom. The normalized spacial score (nSPS) is 11.7. The first-order valence-corrected chi connectivity index (χ1v) is 12.2. The fourth-order valence-electron chi connectivity index (χ4n) is 3.02. The SMILES string of the molecule is CCN(CC(=O)NC(C)(C)C)C(=O)c1ccc(OC)c(S(=O)(=O)NCc2ccc(Cl)cc2)c1. The van der Waals surface area contributed by atoms with Crippen molar-refractivity contribution >= 4 is 33.4 Å². The minimum Gasteiger partial charge on any atom is -0.495 e. The van der Waals surface area contributed by atoms with E-state index in [-0.39, 0.29) is 41.7 Å². The van der Waals surface area contributed by atoms with Gasteiger partial charge >= 0.3 is 0 Å². The van der Waals surface area contributed by atoms with Crippen LogP contribution in [-0.2, 0) is 21.4 Å². The van der Waals surface area contributed by atoms with Gasteiger partial charge in [-0.2, -0.15) is 0 Å². The minimum atomic E-state index is -4.00. The summed E-state index contributed by atoms with van der Waals surface area (Å²) in [5.74, 6) is -0.661. The molecule has 0 aliphatic heterocycles. The average Bonchev–Trinajstić information content (AvgIpc) is 2.75. The molecule has 2 amide bonds. The fourth-order valence-corrected chi connectivity index (χ4v) is 4.36. The van der Waals surface area contributed by atoms with Crippen molar-refractivity contribution in [1.82, 2.24) is 14.9 Å². The van der Waals surface area contributed by atoms with Gasteiger partial charge in [0.2, 0.25) is 15.9 Å². The van der Waals surface area contributed by atoms with Crippen LogP contribution >= 0.6 is 11.6 Å².